The van der Waals surface area contributed by atoms with Gasteiger partial charge in [0.1, 0.15) is 0 Å². The summed E-state index contributed by atoms with van der Waals surface area (Å²) in [5.41, 5.74) is 4.73. The van der Waals surface area contributed by atoms with E-state index in [2.05, 4.69) is 58.1 Å². The van der Waals surface area contributed by atoms with Crippen LogP contribution in [0.4, 0.5) is 0 Å². The molecule has 1 aliphatic heterocycles. The number of rotatable bonds is 4. The van der Waals surface area contributed by atoms with E-state index in [4.69, 9.17) is 4.74 Å². The van der Waals surface area contributed by atoms with Crippen LogP contribution in [-0.4, -0.2) is 25.3 Å². The lowest BCUT2D eigenvalue weighted by atomic mass is 9.74. The van der Waals surface area contributed by atoms with Crippen molar-refractivity contribution in [3.05, 3.63) is 34.9 Å². The molecule has 1 aromatic carbocycles. The molecule has 21 heavy (non-hydrogen) atoms. The predicted molar refractivity (Wildman–Crippen MR) is 89.9 cm³/mol. The largest absolute Gasteiger partial charge is 0.381 e. The first-order valence-corrected chi connectivity index (χ1v) is 8.18. The SMILES string of the molecule is Cc1cc(C)cc(CC2(CNC(C)(C)C)CCOCC2)c1. The lowest BCUT2D eigenvalue weighted by molar-refractivity contribution is 0.0121. The second-order valence-corrected chi connectivity index (χ2v) is 7.89. The van der Waals surface area contributed by atoms with Crippen LogP contribution in [0.5, 0.6) is 0 Å². The molecule has 0 bridgehead atoms. The summed E-state index contributed by atoms with van der Waals surface area (Å²) in [6, 6.07) is 6.95. The van der Waals surface area contributed by atoms with Crippen LogP contribution in [0.25, 0.3) is 0 Å². The van der Waals surface area contributed by atoms with E-state index in [1.54, 1.807) is 0 Å². The third-order valence-electron chi connectivity index (χ3n) is 4.41. The molecule has 2 heteroatoms. The number of benzene rings is 1. The summed E-state index contributed by atoms with van der Waals surface area (Å²) >= 11 is 0. The summed E-state index contributed by atoms with van der Waals surface area (Å²) in [6.07, 6.45) is 3.47. The predicted octanol–water partition coefficient (Wildman–Crippen LogP) is 4.03. The molecule has 118 valence electrons. The zero-order valence-electron chi connectivity index (χ0n) is 14.4. The van der Waals surface area contributed by atoms with Crippen molar-refractivity contribution in [2.45, 2.75) is 59.4 Å². The van der Waals surface area contributed by atoms with Crippen LogP contribution < -0.4 is 5.32 Å². The fourth-order valence-corrected chi connectivity index (χ4v) is 3.28. The highest BCUT2D eigenvalue weighted by molar-refractivity contribution is 5.29. The van der Waals surface area contributed by atoms with Crippen LogP contribution in [-0.2, 0) is 11.2 Å². The molecule has 0 radical (unpaired) electrons. The van der Waals surface area contributed by atoms with Gasteiger partial charge in [-0.05, 0) is 64.9 Å². The third kappa shape index (κ3) is 5.12. The molecule has 2 rings (SSSR count). The second-order valence-electron chi connectivity index (χ2n) is 7.89. The quantitative estimate of drug-likeness (QED) is 0.903. The number of hydrogen-bond acceptors (Lipinski definition) is 2. The summed E-state index contributed by atoms with van der Waals surface area (Å²) in [5, 5.41) is 3.73. The maximum atomic E-state index is 5.61. The molecule has 0 unspecified atom stereocenters. The van der Waals surface area contributed by atoms with Gasteiger partial charge in [0.25, 0.3) is 0 Å². The van der Waals surface area contributed by atoms with Crippen molar-refractivity contribution in [1.82, 2.24) is 5.32 Å². The van der Waals surface area contributed by atoms with E-state index in [1.165, 1.54) is 16.7 Å². The van der Waals surface area contributed by atoms with E-state index < -0.39 is 0 Å². The van der Waals surface area contributed by atoms with Gasteiger partial charge < -0.3 is 10.1 Å². The molecule has 0 atom stereocenters. The number of nitrogens with one attached hydrogen (secondary N) is 1. The fourth-order valence-electron chi connectivity index (χ4n) is 3.28. The van der Waals surface area contributed by atoms with E-state index in [0.717, 1.165) is 39.0 Å². The van der Waals surface area contributed by atoms with Gasteiger partial charge in [-0.1, -0.05) is 29.3 Å². The maximum Gasteiger partial charge on any atom is 0.0471 e. The highest BCUT2D eigenvalue weighted by Crippen LogP contribution is 2.34. The molecule has 1 fully saturated rings. The lowest BCUT2D eigenvalue weighted by Gasteiger charge is -2.40. The standard InChI is InChI=1S/C19H31NO/c1-15-10-16(2)12-17(11-15)13-19(6-8-21-9-7-19)14-20-18(3,4)5/h10-12,20H,6-9,13-14H2,1-5H3. The molecule has 1 heterocycles. The molecule has 1 aromatic rings. The van der Waals surface area contributed by atoms with Crippen LogP contribution in [0, 0.1) is 19.3 Å². The van der Waals surface area contributed by atoms with E-state index in [1.807, 2.05) is 0 Å². The van der Waals surface area contributed by atoms with Crippen molar-refractivity contribution in [2.24, 2.45) is 5.41 Å². The van der Waals surface area contributed by atoms with Crippen molar-refractivity contribution < 1.29 is 4.74 Å². The summed E-state index contributed by atoms with van der Waals surface area (Å²) in [4.78, 5) is 0. The monoisotopic (exact) mass is 289 g/mol. The van der Waals surface area contributed by atoms with E-state index in [0.29, 0.717) is 5.41 Å². The van der Waals surface area contributed by atoms with Crippen molar-refractivity contribution in [2.75, 3.05) is 19.8 Å². The molecule has 1 aliphatic rings. The van der Waals surface area contributed by atoms with Gasteiger partial charge in [-0.15, -0.1) is 0 Å². The van der Waals surface area contributed by atoms with Crippen LogP contribution in [0.15, 0.2) is 18.2 Å². The number of aryl methyl sites for hydroxylation is 2. The van der Waals surface area contributed by atoms with Crippen molar-refractivity contribution in [1.29, 1.82) is 0 Å². The van der Waals surface area contributed by atoms with Gasteiger partial charge in [0, 0.05) is 25.3 Å². The number of hydrogen-bond donors (Lipinski definition) is 1. The van der Waals surface area contributed by atoms with E-state index in [9.17, 15) is 0 Å². The summed E-state index contributed by atoms with van der Waals surface area (Å²) in [5.74, 6) is 0. The summed E-state index contributed by atoms with van der Waals surface area (Å²) in [7, 11) is 0. The van der Waals surface area contributed by atoms with E-state index >= 15 is 0 Å². The van der Waals surface area contributed by atoms with Gasteiger partial charge in [0.05, 0.1) is 0 Å². The second kappa shape index (κ2) is 6.50. The van der Waals surface area contributed by atoms with Gasteiger partial charge >= 0.3 is 0 Å². The molecule has 0 amide bonds. The minimum absolute atomic E-state index is 0.174. The molecule has 1 saturated heterocycles. The van der Waals surface area contributed by atoms with Crippen LogP contribution in [0.3, 0.4) is 0 Å². The Hall–Kier alpha value is -0.860. The van der Waals surface area contributed by atoms with Crippen molar-refractivity contribution in [3.8, 4) is 0 Å². The molecular formula is C19H31NO. The Morgan fingerprint density at radius 2 is 1.62 bits per heavy atom. The highest BCUT2D eigenvalue weighted by atomic mass is 16.5. The van der Waals surface area contributed by atoms with Crippen molar-refractivity contribution in [3.63, 3.8) is 0 Å². The Bertz CT molecular complexity index is 447. The molecule has 1 N–H and O–H groups in total. The first-order chi connectivity index (χ1) is 9.78. The zero-order valence-corrected chi connectivity index (χ0v) is 14.4. The minimum atomic E-state index is 0.174. The van der Waals surface area contributed by atoms with Gasteiger partial charge in [0.2, 0.25) is 0 Å². The molecule has 2 nitrogen and oxygen atoms in total. The Kier molecular flexibility index (Phi) is 5.11. The van der Waals surface area contributed by atoms with Gasteiger partial charge in [-0.2, -0.15) is 0 Å². The molecule has 0 spiro atoms. The summed E-state index contributed by atoms with van der Waals surface area (Å²) in [6.45, 7) is 14.0. The fraction of sp³-hybridized carbons (Fsp3) is 0.684. The van der Waals surface area contributed by atoms with Gasteiger partial charge in [0.15, 0.2) is 0 Å². The Morgan fingerprint density at radius 1 is 1.05 bits per heavy atom. The highest BCUT2D eigenvalue weighted by Gasteiger charge is 2.33. The minimum Gasteiger partial charge on any atom is -0.381 e. The Balaban J connectivity index is 2.15. The first-order valence-electron chi connectivity index (χ1n) is 8.18. The average Bonchev–Trinajstić information content (AvgIpc) is 2.35. The topological polar surface area (TPSA) is 21.3 Å². The normalized spacial score (nSPS) is 18.7. The molecular weight excluding hydrogens is 258 g/mol. The van der Waals surface area contributed by atoms with Crippen LogP contribution in [0.1, 0.15) is 50.3 Å². The van der Waals surface area contributed by atoms with Crippen LogP contribution >= 0.6 is 0 Å². The van der Waals surface area contributed by atoms with Crippen LogP contribution in [0.2, 0.25) is 0 Å². The van der Waals surface area contributed by atoms with Crippen molar-refractivity contribution >= 4 is 0 Å². The zero-order chi connectivity index (χ0) is 15.5. The van der Waals surface area contributed by atoms with Gasteiger partial charge in [-0.25, -0.2) is 0 Å². The maximum absolute atomic E-state index is 5.61. The third-order valence-corrected chi connectivity index (χ3v) is 4.41. The molecule has 0 aliphatic carbocycles. The smallest absolute Gasteiger partial charge is 0.0471 e. The van der Waals surface area contributed by atoms with Gasteiger partial charge in [-0.3, -0.25) is 0 Å². The Labute approximate surface area is 130 Å². The molecule has 0 aromatic heterocycles. The lowest BCUT2D eigenvalue weighted by Crippen LogP contribution is -2.47. The average molecular weight is 289 g/mol. The summed E-state index contributed by atoms with van der Waals surface area (Å²) < 4.78 is 5.61. The Morgan fingerprint density at radius 3 is 2.14 bits per heavy atom. The molecule has 0 saturated carbocycles. The first kappa shape index (κ1) is 16.5. The number of ether oxygens (including phenoxy) is 1. The van der Waals surface area contributed by atoms with E-state index in [-0.39, 0.29) is 5.54 Å².